The summed E-state index contributed by atoms with van der Waals surface area (Å²) in [5.74, 6) is 0. The van der Waals surface area contributed by atoms with Crippen LogP contribution in [0.2, 0.25) is 0 Å². The van der Waals surface area contributed by atoms with E-state index in [1.54, 1.807) is 0 Å². The Morgan fingerprint density at radius 3 is 2.94 bits per heavy atom. The van der Waals surface area contributed by atoms with Crippen LogP contribution in [0.5, 0.6) is 0 Å². The maximum absolute atomic E-state index is 5.93. The average molecular weight is 240 g/mol. The van der Waals surface area contributed by atoms with Gasteiger partial charge in [0.1, 0.15) is 0 Å². The molecular formula is C14H28N2O. The first-order valence-corrected chi connectivity index (χ1v) is 7.38. The smallest absolute Gasteiger partial charge is 0.0730 e. The van der Waals surface area contributed by atoms with Gasteiger partial charge in [-0.2, -0.15) is 0 Å². The van der Waals surface area contributed by atoms with Gasteiger partial charge >= 0.3 is 0 Å². The lowest BCUT2D eigenvalue weighted by atomic mass is 9.89. The van der Waals surface area contributed by atoms with E-state index in [1.807, 2.05) is 0 Å². The molecule has 100 valence electrons. The fraction of sp³-hybridized carbons (Fsp3) is 1.00. The first-order chi connectivity index (χ1) is 8.35. The molecule has 0 spiro atoms. The molecule has 3 atom stereocenters. The molecule has 1 heterocycles. The number of ether oxygens (including phenoxy) is 1. The highest BCUT2D eigenvalue weighted by Crippen LogP contribution is 2.28. The van der Waals surface area contributed by atoms with Crippen molar-refractivity contribution in [3.8, 4) is 0 Å². The lowest BCUT2D eigenvalue weighted by molar-refractivity contribution is -0.0901. The van der Waals surface area contributed by atoms with E-state index in [9.17, 15) is 0 Å². The molecule has 3 heteroatoms. The van der Waals surface area contributed by atoms with E-state index in [0.29, 0.717) is 18.2 Å². The highest BCUT2D eigenvalue weighted by Gasteiger charge is 2.34. The summed E-state index contributed by atoms with van der Waals surface area (Å²) < 4.78 is 5.93. The Morgan fingerprint density at radius 2 is 2.18 bits per heavy atom. The molecule has 1 aliphatic heterocycles. The number of likely N-dealkylation sites (N-methyl/N-ethyl adjacent to an activating group) is 1. The van der Waals surface area contributed by atoms with Gasteiger partial charge in [-0.05, 0) is 26.3 Å². The Labute approximate surface area is 106 Å². The molecule has 3 unspecified atom stereocenters. The monoisotopic (exact) mass is 240 g/mol. The Kier molecular flexibility index (Phi) is 5.26. The van der Waals surface area contributed by atoms with Crippen molar-refractivity contribution in [3.63, 3.8) is 0 Å². The highest BCUT2D eigenvalue weighted by atomic mass is 16.5. The van der Waals surface area contributed by atoms with E-state index >= 15 is 0 Å². The second kappa shape index (κ2) is 6.72. The van der Waals surface area contributed by atoms with Crippen LogP contribution in [0.15, 0.2) is 0 Å². The fourth-order valence-corrected chi connectivity index (χ4v) is 3.36. The molecule has 1 saturated heterocycles. The van der Waals surface area contributed by atoms with Crippen LogP contribution in [0.4, 0.5) is 0 Å². The van der Waals surface area contributed by atoms with Crippen LogP contribution in [0.1, 0.15) is 45.4 Å². The first kappa shape index (κ1) is 13.3. The first-order valence-electron chi connectivity index (χ1n) is 7.38. The SMILES string of the molecule is CCCC(CN1CCOC2CCCCC21)NC. The van der Waals surface area contributed by atoms with Crippen LogP contribution < -0.4 is 5.32 Å². The summed E-state index contributed by atoms with van der Waals surface area (Å²) in [6.45, 7) is 5.54. The predicted octanol–water partition coefficient (Wildman–Crippen LogP) is 2.02. The van der Waals surface area contributed by atoms with Crippen LogP contribution >= 0.6 is 0 Å². The number of hydrogen-bond acceptors (Lipinski definition) is 3. The van der Waals surface area contributed by atoms with Crippen molar-refractivity contribution in [2.24, 2.45) is 0 Å². The van der Waals surface area contributed by atoms with Gasteiger partial charge in [-0.1, -0.05) is 26.2 Å². The summed E-state index contributed by atoms with van der Waals surface area (Å²) in [6.07, 6.45) is 8.44. The molecule has 0 radical (unpaired) electrons. The van der Waals surface area contributed by atoms with Crippen molar-refractivity contribution in [1.82, 2.24) is 10.2 Å². The largest absolute Gasteiger partial charge is 0.375 e. The fourth-order valence-electron chi connectivity index (χ4n) is 3.36. The van der Waals surface area contributed by atoms with Crippen molar-refractivity contribution in [2.45, 2.75) is 63.6 Å². The highest BCUT2D eigenvalue weighted by molar-refractivity contribution is 4.88. The Morgan fingerprint density at radius 1 is 1.35 bits per heavy atom. The van der Waals surface area contributed by atoms with Crippen LogP contribution in [0, 0.1) is 0 Å². The third kappa shape index (κ3) is 3.43. The van der Waals surface area contributed by atoms with E-state index in [1.165, 1.54) is 45.1 Å². The molecular weight excluding hydrogens is 212 g/mol. The van der Waals surface area contributed by atoms with Gasteiger partial charge in [0.15, 0.2) is 0 Å². The van der Waals surface area contributed by atoms with Crippen molar-refractivity contribution < 1.29 is 4.74 Å². The van der Waals surface area contributed by atoms with Crippen molar-refractivity contribution in [2.75, 3.05) is 26.7 Å². The Balaban J connectivity index is 1.89. The van der Waals surface area contributed by atoms with Gasteiger partial charge in [-0.15, -0.1) is 0 Å². The van der Waals surface area contributed by atoms with Gasteiger partial charge in [-0.3, -0.25) is 4.90 Å². The molecule has 3 nitrogen and oxygen atoms in total. The zero-order valence-electron chi connectivity index (χ0n) is 11.5. The summed E-state index contributed by atoms with van der Waals surface area (Å²) in [5.41, 5.74) is 0. The third-order valence-corrected chi connectivity index (χ3v) is 4.35. The van der Waals surface area contributed by atoms with Gasteiger partial charge < -0.3 is 10.1 Å². The summed E-state index contributed by atoms with van der Waals surface area (Å²) >= 11 is 0. The number of morpholine rings is 1. The van der Waals surface area contributed by atoms with E-state index in [4.69, 9.17) is 4.74 Å². The summed E-state index contributed by atoms with van der Waals surface area (Å²) in [5, 5.41) is 3.46. The second-order valence-electron chi connectivity index (χ2n) is 5.53. The average Bonchev–Trinajstić information content (AvgIpc) is 2.38. The summed E-state index contributed by atoms with van der Waals surface area (Å²) in [4.78, 5) is 2.68. The molecule has 0 aromatic heterocycles. The molecule has 2 fully saturated rings. The molecule has 0 bridgehead atoms. The second-order valence-corrected chi connectivity index (χ2v) is 5.53. The number of nitrogens with zero attached hydrogens (tertiary/aromatic N) is 1. The van der Waals surface area contributed by atoms with Gasteiger partial charge in [-0.25, -0.2) is 0 Å². The minimum absolute atomic E-state index is 0.525. The molecule has 1 saturated carbocycles. The van der Waals surface area contributed by atoms with Gasteiger partial charge in [0, 0.05) is 25.2 Å². The van der Waals surface area contributed by atoms with Crippen molar-refractivity contribution in [1.29, 1.82) is 0 Å². The molecule has 0 aromatic carbocycles. The van der Waals surface area contributed by atoms with Crippen LogP contribution in [-0.4, -0.2) is 49.8 Å². The molecule has 2 rings (SSSR count). The Bertz CT molecular complexity index is 220. The standard InChI is InChI=1S/C14H28N2O/c1-3-6-12(15-2)11-16-9-10-17-14-8-5-4-7-13(14)16/h12-15H,3-11H2,1-2H3. The van der Waals surface area contributed by atoms with Crippen LogP contribution in [0.25, 0.3) is 0 Å². The summed E-state index contributed by atoms with van der Waals surface area (Å²) in [7, 11) is 2.10. The normalized spacial score (nSPS) is 32.1. The van der Waals surface area contributed by atoms with Crippen LogP contribution in [0.3, 0.4) is 0 Å². The number of hydrogen-bond donors (Lipinski definition) is 1. The molecule has 0 amide bonds. The van der Waals surface area contributed by atoms with E-state index in [2.05, 4.69) is 24.2 Å². The van der Waals surface area contributed by atoms with Gasteiger partial charge in [0.25, 0.3) is 0 Å². The van der Waals surface area contributed by atoms with E-state index in [-0.39, 0.29) is 0 Å². The number of fused-ring (bicyclic) bond motifs is 1. The lowest BCUT2D eigenvalue weighted by Gasteiger charge is -2.45. The van der Waals surface area contributed by atoms with Gasteiger partial charge in [0.2, 0.25) is 0 Å². The van der Waals surface area contributed by atoms with Gasteiger partial charge in [0.05, 0.1) is 12.7 Å². The quantitative estimate of drug-likeness (QED) is 0.795. The molecule has 0 aromatic rings. The molecule has 2 aliphatic rings. The topological polar surface area (TPSA) is 24.5 Å². The maximum atomic E-state index is 5.93. The minimum atomic E-state index is 0.525. The van der Waals surface area contributed by atoms with E-state index < -0.39 is 0 Å². The maximum Gasteiger partial charge on any atom is 0.0730 e. The van der Waals surface area contributed by atoms with E-state index in [0.717, 1.165) is 13.2 Å². The lowest BCUT2D eigenvalue weighted by Crippen LogP contribution is -2.55. The zero-order valence-corrected chi connectivity index (χ0v) is 11.5. The number of nitrogens with one attached hydrogen (secondary N) is 1. The van der Waals surface area contributed by atoms with Crippen LogP contribution in [-0.2, 0) is 4.74 Å². The molecule has 1 N–H and O–H groups in total. The predicted molar refractivity (Wildman–Crippen MR) is 71.3 cm³/mol. The Hall–Kier alpha value is -0.120. The summed E-state index contributed by atoms with van der Waals surface area (Å²) in [6, 6.07) is 1.35. The van der Waals surface area contributed by atoms with Crippen molar-refractivity contribution in [3.05, 3.63) is 0 Å². The zero-order chi connectivity index (χ0) is 12.1. The third-order valence-electron chi connectivity index (χ3n) is 4.35. The number of rotatable bonds is 5. The van der Waals surface area contributed by atoms with Crippen molar-refractivity contribution >= 4 is 0 Å². The molecule has 17 heavy (non-hydrogen) atoms. The molecule has 1 aliphatic carbocycles. The minimum Gasteiger partial charge on any atom is -0.375 e.